The second kappa shape index (κ2) is 13.8. The zero-order chi connectivity index (χ0) is 35.7. The normalized spacial score (nSPS) is 18.1. The van der Waals surface area contributed by atoms with E-state index >= 15 is 0 Å². The molecule has 2 atom stereocenters. The lowest BCUT2D eigenvalue weighted by Crippen LogP contribution is -2.29. The maximum Gasteiger partial charge on any atom is 0.303 e. The van der Waals surface area contributed by atoms with Crippen molar-refractivity contribution in [2.45, 2.75) is 136 Å². The van der Waals surface area contributed by atoms with Crippen molar-refractivity contribution in [3.05, 3.63) is 57.6 Å². The van der Waals surface area contributed by atoms with E-state index in [0.29, 0.717) is 24.2 Å². The molecule has 258 valence electrons. The summed E-state index contributed by atoms with van der Waals surface area (Å²) in [5.74, 6) is -0.688. The van der Waals surface area contributed by atoms with Gasteiger partial charge in [-0.1, -0.05) is 95.2 Å². The summed E-state index contributed by atoms with van der Waals surface area (Å²) in [4.78, 5) is 35.7. The quantitative estimate of drug-likeness (QED) is 0.254. The maximum absolute atomic E-state index is 13.1. The Morgan fingerprint density at radius 3 is 1.38 bits per heavy atom. The van der Waals surface area contributed by atoms with Gasteiger partial charge in [0.2, 0.25) is 5.91 Å². The Labute approximate surface area is 282 Å². The molecule has 0 spiro atoms. The minimum absolute atomic E-state index is 0.0677. The average Bonchev–Trinajstić information content (AvgIpc) is 3.32. The lowest BCUT2D eigenvalue weighted by Gasteiger charge is -2.27. The Balaban J connectivity index is 2.07. The Hall–Kier alpha value is -3.68. The number of aliphatic imine (C=N–C) groups is 2. The molecule has 1 heterocycles. The van der Waals surface area contributed by atoms with Crippen LogP contribution < -0.4 is 0 Å². The van der Waals surface area contributed by atoms with E-state index in [1.54, 1.807) is 17.3 Å². The molecule has 1 aliphatic rings. The molecule has 0 aromatic heterocycles. The number of aromatic hydroxyl groups is 2. The van der Waals surface area contributed by atoms with Gasteiger partial charge in [0.05, 0.1) is 12.1 Å². The molecule has 2 aromatic carbocycles. The van der Waals surface area contributed by atoms with Crippen LogP contribution in [-0.4, -0.2) is 69.7 Å². The highest BCUT2D eigenvalue weighted by Crippen LogP contribution is 2.39. The molecular weight excluding hydrogens is 590 g/mol. The molecule has 1 aliphatic heterocycles. The van der Waals surface area contributed by atoms with E-state index in [9.17, 15) is 19.8 Å². The lowest BCUT2D eigenvalue weighted by atomic mass is 9.79. The van der Waals surface area contributed by atoms with E-state index in [1.165, 1.54) is 0 Å². The minimum Gasteiger partial charge on any atom is -0.507 e. The van der Waals surface area contributed by atoms with Crippen LogP contribution in [0.15, 0.2) is 34.3 Å². The van der Waals surface area contributed by atoms with Gasteiger partial charge in [0.25, 0.3) is 0 Å². The number of benzene rings is 2. The molecule has 1 fully saturated rings. The summed E-state index contributed by atoms with van der Waals surface area (Å²) >= 11 is 0. The fourth-order valence-corrected chi connectivity index (χ4v) is 5.69. The minimum atomic E-state index is -0.928. The van der Waals surface area contributed by atoms with Gasteiger partial charge >= 0.3 is 5.97 Å². The van der Waals surface area contributed by atoms with Crippen molar-refractivity contribution in [3.63, 3.8) is 0 Å². The number of hydrogen-bond donors (Lipinski definition) is 3. The smallest absolute Gasteiger partial charge is 0.303 e. The number of carbonyl (C=O) groups excluding carboxylic acids is 1. The SMILES string of the molecule is CC(C)(C)c1cc(C=N[C@@H]2CN(C(=O)CCCC(=O)O)C[C@H]2N=Cc2cc(C(C)(C)C)cc(C(C)(C)C)c2O)c(O)c(C(C)(C)C)c1. The third kappa shape index (κ3) is 9.68. The van der Waals surface area contributed by atoms with Gasteiger partial charge in [0.15, 0.2) is 0 Å². The first-order valence-electron chi connectivity index (χ1n) is 16.7. The molecule has 0 aliphatic carbocycles. The number of nitrogens with zero attached hydrogens (tertiary/aromatic N) is 3. The van der Waals surface area contributed by atoms with E-state index in [0.717, 1.165) is 22.3 Å². The van der Waals surface area contributed by atoms with E-state index in [4.69, 9.17) is 15.1 Å². The molecule has 0 bridgehead atoms. The predicted octanol–water partition coefficient (Wildman–Crippen LogP) is 7.66. The van der Waals surface area contributed by atoms with Crippen molar-refractivity contribution >= 4 is 24.3 Å². The number of carboxylic acids is 1. The van der Waals surface area contributed by atoms with E-state index in [2.05, 4.69) is 95.2 Å². The zero-order valence-corrected chi connectivity index (χ0v) is 30.7. The van der Waals surface area contributed by atoms with Gasteiger partial charge in [-0.05, 0) is 51.3 Å². The van der Waals surface area contributed by atoms with Crippen LogP contribution in [0.5, 0.6) is 11.5 Å². The van der Waals surface area contributed by atoms with Crippen molar-refractivity contribution < 1.29 is 24.9 Å². The Kier molecular flexibility index (Phi) is 11.1. The van der Waals surface area contributed by atoms with Crippen LogP contribution in [0.4, 0.5) is 0 Å². The van der Waals surface area contributed by atoms with Gasteiger partial charge in [-0.2, -0.15) is 0 Å². The number of amides is 1. The van der Waals surface area contributed by atoms with E-state index < -0.39 is 18.1 Å². The van der Waals surface area contributed by atoms with Crippen LogP contribution in [0.1, 0.15) is 136 Å². The third-order valence-electron chi connectivity index (χ3n) is 8.83. The third-order valence-corrected chi connectivity index (χ3v) is 8.83. The molecule has 0 unspecified atom stereocenters. The van der Waals surface area contributed by atoms with Crippen molar-refractivity contribution in [1.82, 2.24) is 4.90 Å². The summed E-state index contributed by atoms with van der Waals surface area (Å²) in [5.41, 5.74) is 4.20. The van der Waals surface area contributed by atoms with Crippen molar-refractivity contribution in [2.75, 3.05) is 13.1 Å². The maximum atomic E-state index is 13.1. The molecular formula is C39H57N3O5. The van der Waals surface area contributed by atoms with Crippen LogP contribution in [0.3, 0.4) is 0 Å². The number of likely N-dealkylation sites (tertiary alicyclic amines) is 1. The number of carboxylic acid groups (broad SMARTS) is 1. The van der Waals surface area contributed by atoms with Crippen LogP contribution in [-0.2, 0) is 31.2 Å². The topological polar surface area (TPSA) is 123 Å². The second-order valence-corrected chi connectivity index (χ2v) is 17.2. The van der Waals surface area contributed by atoms with Crippen molar-refractivity contribution in [3.8, 4) is 11.5 Å². The number of phenolic OH excluding ortho intramolecular Hbond substituents is 2. The summed E-state index contributed by atoms with van der Waals surface area (Å²) in [6.45, 7) is 25.9. The largest absolute Gasteiger partial charge is 0.507 e. The van der Waals surface area contributed by atoms with E-state index in [-0.39, 0.29) is 58.3 Å². The number of aliphatic carboxylic acids is 1. The molecule has 0 saturated carbocycles. The summed E-state index contributed by atoms with van der Waals surface area (Å²) < 4.78 is 0. The molecule has 3 rings (SSSR count). The van der Waals surface area contributed by atoms with Gasteiger partial charge < -0.3 is 20.2 Å². The van der Waals surface area contributed by atoms with Crippen LogP contribution in [0, 0.1) is 0 Å². The molecule has 0 radical (unpaired) electrons. The van der Waals surface area contributed by atoms with Crippen LogP contribution in [0.2, 0.25) is 0 Å². The Bertz CT molecular complexity index is 1430. The molecule has 47 heavy (non-hydrogen) atoms. The predicted molar refractivity (Wildman–Crippen MR) is 192 cm³/mol. The first-order chi connectivity index (χ1) is 21.4. The number of rotatable bonds is 8. The highest BCUT2D eigenvalue weighted by atomic mass is 16.4. The molecule has 1 amide bonds. The fourth-order valence-electron chi connectivity index (χ4n) is 5.69. The summed E-state index contributed by atoms with van der Waals surface area (Å²) in [6, 6.07) is 7.27. The first kappa shape index (κ1) is 37.8. The van der Waals surface area contributed by atoms with Gasteiger partial charge in [0, 0.05) is 60.6 Å². The highest BCUT2D eigenvalue weighted by molar-refractivity contribution is 5.86. The lowest BCUT2D eigenvalue weighted by molar-refractivity contribution is -0.137. The van der Waals surface area contributed by atoms with Crippen molar-refractivity contribution in [2.24, 2.45) is 9.98 Å². The number of phenols is 2. The van der Waals surface area contributed by atoms with Gasteiger partial charge in [-0.3, -0.25) is 19.6 Å². The summed E-state index contributed by atoms with van der Waals surface area (Å²) in [6.07, 6.45) is 3.72. The van der Waals surface area contributed by atoms with Crippen molar-refractivity contribution in [1.29, 1.82) is 0 Å². The molecule has 1 saturated heterocycles. The van der Waals surface area contributed by atoms with Gasteiger partial charge in [-0.25, -0.2) is 0 Å². The number of hydrogen-bond acceptors (Lipinski definition) is 6. The Morgan fingerprint density at radius 2 is 1.06 bits per heavy atom. The summed E-state index contributed by atoms with van der Waals surface area (Å²) in [5, 5.41) is 31.7. The van der Waals surface area contributed by atoms with Crippen LogP contribution >= 0.6 is 0 Å². The standard InChI is InChI=1S/C39H57N3O5/c1-36(2,3)26-16-24(34(46)28(18-26)38(7,8)9)20-40-30-22-42(32(43)14-13-15-33(44)45)23-31(30)41-21-25-17-27(37(4,5)6)19-29(35(25)47)39(10,11)12/h16-21,30-31,46-47H,13-15,22-23H2,1-12H3,(H,44,45)/t30-,31-/m1/s1. The summed E-state index contributed by atoms with van der Waals surface area (Å²) in [7, 11) is 0. The average molecular weight is 648 g/mol. The number of carbonyl (C=O) groups is 2. The monoisotopic (exact) mass is 647 g/mol. The zero-order valence-electron chi connectivity index (χ0n) is 30.7. The molecule has 8 heteroatoms. The molecule has 8 nitrogen and oxygen atoms in total. The Morgan fingerprint density at radius 1 is 0.681 bits per heavy atom. The van der Waals surface area contributed by atoms with Gasteiger partial charge in [0.1, 0.15) is 11.5 Å². The van der Waals surface area contributed by atoms with Gasteiger partial charge in [-0.15, -0.1) is 0 Å². The highest BCUT2D eigenvalue weighted by Gasteiger charge is 2.35. The first-order valence-corrected chi connectivity index (χ1v) is 16.7. The fraction of sp³-hybridized carbons (Fsp3) is 0.590. The van der Waals surface area contributed by atoms with E-state index in [1.807, 2.05) is 12.1 Å². The van der Waals surface area contributed by atoms with Crippen LogP contribution in [0.25, 0.3) is 0 Å². The second-order valence-electron chi connectivity index (χ2n) is 17.2. The molecule has 3 N–H and O–H groups in total. The molecule has 2 aromatic rings.